The largest absolute Gasteiger partial charge is 0.0651 e. The van der Waals surface area contributed by atoms with Gasteiger partial charge >= 0.3 is 0 Å². The third kappa shape index (κ3) is 4.17. The third-order valence-electron chi connectivity index (χ3n) is 4.81. The summed E-state index contributed by atoms with van der Waals surface area (Å²) in [6.07, 6.45) is 5.38. The number of hydrogen-bond acceptors (Lipinski definition) is 0. The summed E-state index contributed by atoms with van der Waals surface area (Å²) < 4.78 is 0. The average Bonchev–Trinajstić information content (AvgIpc) is 2.23. The van der Waals surface area contributed by atoms with Crippen molar-refractivity contribution in [1.29, 1.82) is 0 Å². The van der Waals surface area contributed by atoms with Gasteiger partial charge < -0.3 is 0 Å². The van der Waals surface area contributed by atoms with Crippen LogP contribution in [0.1, 0.15) is 74.1 Å². The molecule has 0 saturated heterocycles. The van der Waals surface area contributed by atoms with Gasteiger partial charge in [0, 0.05) is 0 Å². The van der Waals surface area contributed by atoms with Crippen LogP contribution >= 0.6 is 0 Å². The van der Waals surface area contributed by atoms with Gasteiger partial charge in [-0.05, 0) is 29.6 Å². The van der Waals surface area contributed by atoms with Crippen molar-refractivity contribution in [3.63, 3.8) is 0 Å². The Kier molecular flexibility index (Phi) is 6.55. The first-order valence-corrected chi connectivity index (χ1v) is 6.89. The lowest BCUT2D eigenvalue weighted by Crippen LogP contribution is -2.31. The molecular weight excluding hydrogens is 180 g/mol. The maximum absolute atomic E-state index is 2.47. The van der Waals surface area contributed by atoms with Gasteiger partial charge in [-0.25, -0.2) is 0 Å². The summed E-state index contributed by atoms with van der Waals surface area (Å²) in [7, 11) is 0. The van der Waals surface area contributed by atoms with Crippen molar-refractivity contribution in [2.75, 3.05) is 0 Å². The molecule has 3 unspecified atom stereocenters. The molecule has 92 valence electrons. The summed E-state index contributed by atoms with van der Waals surface area (Å²) in [5.74, 6) is 2.62. The fraction of sp³-hybridized carbons (Fsp3) is 1.00. The molecule has 0 spiro atoms. The monoisotopic (exact) mass is 212 g/mol. The molecule has 0 amide bonds. The van der Waals surface area contributed by atoms with Gasteiger partial charge in [0.25, 0.3) is 0 Å². The first-order chi connectivity index (χ1) is 6.89. The normalized spacial score (nSPS) is 18.6. The molecule has 0 aromatic carbocycles. The molecule has 0 nitrogen and oxygen atoms in total. The Bertz CT molecular complexity index is 157. The lowest BCUT2D eigenvalue weighted by molar-refractivity contribution is 0.0974. The minimum Gasteiger partial charge on any atom is -0.0651 e. The van der Waals surface area contributed by atoms with Crippen LogP contribution in [0.3, 0.4) is 0 Å². The van der Waals surface area contributed by atoms with Crippen LogP contribution < -0.4 is 0 Å². The van der Waals surface area contributed by atoms with E-state index in [1.807, 2.05) is 0 Å². The highest BCUT2D eigenvalue weighted by Gasteiger charge is 2.33. The Morgan fingerprint density at radius 1 is 0.867 bits per heavy atom. The molecule has 0 N–H and O–H groups in total. The molecule has 15 heavy (non-hydrogen) atoms. The van der Waals surface area contributed by atoms with E-state index in [0.717, 1.165) is 17.8 Å². The van der Waals surface area contributed by atoms with E-state index in [9.17, 15) is 0 Å². The first kappa shape index (κ1) is 15.0. The van der Waals surface area contributed by atoms with Crippen LogP contribution in [0.15, 0.2) is 0 Å². The van der Waals surface area contributed by atoms with E-state index in [4.69, 9.17) is 0 Å². The van der Waals surface area contributed by atoms with Crippen molar-refractivity contribution in [3.05, 3.63) is 0 Å². The van der Waals surface area contributed by atoms with Crippen LogP contribution in [-0.2, 0) is 0 Å². The Hall–Kier alpha value is 0. The molecule has 0 radical (unpaired) electrons. The van der Waals surface area contributed by atoms with Crippen molar-refractivity contribution < 1.29 is 0 Å². The number of rotatable bonds is 7. The molecule has 0 aliphatic heterocycles. The zero-order valence-corrected chi connectivity index (χ0v) is 12.1. The first-order valence-electron chi connectivity index (χ1n) is 6.89. The smallest absolute Gasteiger partial charge is 0.0300 e. The minimum atomic E-state index is 0.507. The van der Waals surface area contributed by atoms with E-state index in [1.54, 1.807) is 0 Å². The van der Waals surface area contributed by atoms with Gasteiger partial charge in [0.1, 0.15) is 0 Å². The molecule has 0 aliphatic carbocycles. The highest BCUT2D eigenvalue weighted by Crippen LogP contribution is 2.42. The van der Waals surface area contributed by atoms with E-state index in [-0.39, 0.29) is 0 Å². The van der Waals surface area contributed by atoms with Gasteiger partial charge in [0.15, 0.2) is 0 Å². The fourth-order valence-electron chi connectivity index (χ4n) is 2.58. The van der Waals surface area contributed by atoms with Crippen LogP contribution in [0, 0.1) is 23.2 Å². The lowest BCUT2D eigenvalue weighted by atomic mass is 9.65. The van der Waals surface area contributed by atoms with Crippen molar-refractivity contribution in [2.24, 2.45) is 23.2 Å². The third-order valence-corrected chi connectivity index (χ3v) is 4.81. The van der Waals surface area contributed by atoms with E-state index in [1.165, 1.54) is 25.7 Å². The highest BCUT2D eigenvalue weighted by atomic mass is 14.4. The number of hydrogen-bond donors (Lipinski definition) is 0. The second-order valence-electron chi connectivity index (χ2n) is 5.98. The Labute approximate surface area is 97.8 Å². The summed E-state index contributed by atoms with van der Waals surface area (Å²) in [5.41, 5.74) is 0.507. The molecule has 3 atom stereocenters. The standard InChI is InChI=1S/C15H32/c1-8-12(4)11-14(10-3)15(6,7)13(5)9-2/h12-14H,8-11H2,1-7H3. The van der Waals surface area contributed by atoms with Gasteiger partial charge in [0.2, 0.25) is 0 Å². The highest BCUT2D eigenvalue weighted by molar-refractivity contribution is 4.82. The van der Waals surface area contributed by atoms with E-state index in [2.05, 4.69) is 48.5 Å². The maximum Gasteiger partial charge on any atom is -0.0300 e. The van der Waals surface area contributed by atoms with Crippen LogP contribution in [0.2, 0.25) is 0 Å². The van der Waals surface area contributed by atoms with Gasteiger partial charge in [-0.1, -0.05) is 67.7 Å². The summed E-state index contributed by atoms with van der Waals surface area (Å²) in [6.45, 7) is 16.7. The predicted molar refractivity (Wildman–Crippen MR) is 71.1 cm³/mol. The molecule has 0 fully saturated rings. The second-order valence-corrected chi connectivity index (χ2v) is 5.98. The van der Waals surface area contributed by atoms with E-state index < -0.39 is 0 Å². The SMILES string of the molecule is CCC(C)CC(CC)C(C)(C)C(C)CC. The Balaban J connectivity index is 4.49. The summed E-state index contributed by atoms with van der Waals surface area (Å²) in [5, 5.41) is 0. The van der Waals surface area contributed by atoms with Crippen LogP contribution in [0.4, 0.5) is 0 Å². The Morgan fingerprint density at radius 2 is 1.40 bits per heavy atom. The summed E-state index contributed by atoms with van der Waals surface area (Å²) in [4.78, 5) is 0. The molecular formula is C15H32. The fourth-order valence-corrected chi connectivity index (χ4v) is 2.58. The zero-order valence-electron chi connectivity index (χ0n) is 12.1. The molecule has 0 aromatic heterocycles. The van der Waals surface area contributed by atoms with Gasteiger partial charge in [0.05, 0.1) is 0 Å². The topological polar surface area (TPSA) is 0 Å². The zero-order chi connectivity index (χ0) is 12.1. The van der Waals surface area contributed by atoms with E-state index >= 15 is 0 Å². The van der Waals surface area contributed by atoms with Gasteiger partial charge in [-0.3, -0.25) is 0 Å². The lowest BCUT2D eigenvalue weighted by Gasteiger charge is -2.40. The molecule has 0 aromatic rings. The van der Waals surface area contributed by atoms with Crippen LogP contribution in [0.5, 0.6) is 0 Å². The molecule has 0 rings (SSSR count). The Morgan fingerprint density at radius 3 is 1.73 bits per heavy atom. The minimum absolute atomic E-state index is 0.507. The molecule has 0 bridgehead atoms. The average molecular weight is 212 g/mol. The summed E-state index contributed by atoms with van der Waals surface area (Å²) in [6, 6.07) is 0. The van der Waals surface area contributed by atoms with Crippen molar-refractivity contribution in [3.8, 4) is 0 Å². The summed E-state index contributed by atoms with van der Waals surface area (Å²) >= 11 is 0. The molecule has 0 heterocycles. The van der Waals surface area contributed by atoms with Crippen LogP contribution in [0.25, 0.3) is 0 Å². The van der Waals surface area contributed by atoms with Crippen LogP contribution in [-0.4, -0.2) is 0 Å². The maximum atomic E-state index is 2.47. The van der Waals surface area contributed by atoms with E-state index in [0.29, 0.717) is 5.41 Å². The van der Waals surface area contributed by atoms with Crippen molar-refractivity contribution in [1.82, 2.24) is 0 Å². The molecule has 0 heteroatoms. The molecule has 0 saturated carbocycles. The van der Waals surface area contributed by atoms with Gasteiger partial charge in [-0.15, -0.1) is 0 Å². The molecule has 0 aliphatic rings. The predicted octanol–water partition coefficient (Wildman–Crippen LogP) is 5.52. The van der Waals surface area contributed by atoms with Crippen molar-refractivity contribution >= 4 is 0 Å². The quantitative estimate of drug-likeness (QED) is 0.521. The second kappa shape index (κ2) is 6.55. The van der Waals surface area contributed by atoms with Gasteiger partial charge in [-0.2, -0.15) is 0 Å². The van der Waals surface area contributed by atoms with Crippen molar-refractivity contribution in [2.45, 2.75) is 74.1 Å².